The lowest BCUT2D eigenvalue weighted by Gasteiger charge is -2.15. The highest BCUT2D eigenvalue weighted by Crippen LogP contribution is 2.26. The van der Waals surface area contributed by atoms with Gasteiger partial charge in [-0.2, -0.15) is 0 Å². The maximum atomic E-state index is 9.81. The average molecular weight is 301 g/mol. The summed E-state index contributed by atoms with van der Waals surface area (Å²) in [7, 11) is 0. The summed E-state index contributed by atoms with van der Waals surface area (Å²) in [4.78, 5) is 0. The molecular formula is C16H19N3OS. The molecule has 110 valence electrons. The predicted octanol–water partition coefficient (Wildman–Crippen LogP) is 3.44. The highest BCUT2D eigenvalue weighted by molar-refractivity contribution is 7.99. The number of para-hydroxylation sites is 1. The Balaban J connectivity index is 2.03. The maximum absolute atomic E-state index is 9.81. The van der Waals surface area contributed by atoms with Gasteiger partial charge >= 0.3 is 0 Å². The number of aromatic nitrogens is 3. The molecule has 0 amide bonds. The van der Waals surface area contributed by atoms with Crippen LogP contribution in [0.3, 0.4) is 0 Å². The lowest BCUT2D eigenvalue weighted by molar-refractivity contribution is 0.0777. The van der Waals surface area contributed by atoms with Crippen molar-refractivity contribution in [3.63, 3.8) is 0 Å². The van der Waals surface area contributed by atoms with Crippen molar-refractivity contribution >= 4 is 28.3 Å². The molecule has 0 unspecified atom stereocenters. The molecule has 1 aromatic carbocycles. The molecule has 0 atom stereocenters. The molecule has 0 saturated carbocycles. The lowest BCUT2D eigenvalue weighted by atomic mass is 10.1. The van der Waals surface area contributed by atoms with Crippen LogP contribution in [0, 0.1) is 6.92 Å². The first-order chi connectivity index (χ1) is 9.96. The van der Waals surface area contributed by atoms with E-state index < -0.39 is 5.60 Å². The van der Waals surface area contributed by atoms with Gasteiger partial charge in [-0.05, 0) is 44.9 Å². The third-order valence-electron chi connectivity index (χ3n) is 3.52. The van der Waals surface area contributed by atoms with Gasteiger partial charge in [0.25, 0.3) is 0 Å². The van der Waals surface area contributed by atoms with E-state index in [0.29, 0.717) is 0 Å². The summed E-state index contributed by atoms with van der Waals surface area (Å²) < 4.78 is 2.09. The molecule has 0 aliphatic heterocycles. The van der Waals surface area contributed by atoms with Crippen molar-refractivity contribution in [2.45, 2.75) is 37.9 Å². The summed E-state index contributed by atoms with van der Waals surface area (Å²) in [6.45, 7) is 5.75. The molecule has 2 aromatic heterocycles. The predicted molar refractivity (Wildman–Crippen MR) is 86.9 cm³/mol. The molecule has 5 heteroatoms. The van der Waals surface area contributed by atoms with Crippen LogP contribution < -0.4 is 0 Å². The summed E-state index contributed by atoms with van der Waals surface area (Å²) in [6, 6.07) is 10.4. The standard InChI is InChI=1S/C16H19N3OS/c1-11-10-14-17-18-15(21-9-8-16(2,3)20)19(14)13-7-5-4-6-12(11)13/h4-7,10,20H,8-9H2,1-3H3. The van der Waals surface area contributed by atoms with Gasteiger partial charge in [-0.1, -0.05) is 30.0 Å². The highest BCUT2D eigenvalue weighted by atomic mass is 32.2. The van der Waals surface area contributed by atoms with Gasteiger partial charge in [0.15, 0.2) is 10.8 Å². The zero-order valence-electron chi connectivity index (χ0n) is 12.5. The third kappa shape index (κ3) is 2.89. The average Bonchev–Trinajstić information content (AvgIpc) is 2.81. The fourth-order valence-electron chi connectivity index (χ4n) is 2.36. The van der Waals surface area contributed by atoms with Crippen LogP contribution in [-0.4, -0.2) is 31.1 Å². The minimum Gasteiger partial charge on any atom is -0.390 e. The number of hydrogen-bond donors (Lipinski definition) is 1. The van der Waals surface area contributed by atoms with Crippen LogP contribution in [0.1, 0.15) is 25.8 Å². The van der Waals surface area contributed by atoms with Crippen LogP contribution in [0.4, 0.5) is 0 Å². The zero-order valence-corrected chi connectivity index (χ0v) is 13.3. The Hall–Kier alpha value is -1.59. The second kappa shape index (κ2) is 5.31. The fourth-order valence-corrected chi connectivity index (χ4v) is 3.56. The maximum Gasteiger partial charge on any atom is 0.196 e. The largest absolute Gasteiger partial charge is 0.390 e. The van der Waals surface area contributed by atoms with Crippen LogP contribution in [0.25, 0.3) is 16.6 Å². The Bertz CT molecular complexity index is 789. The monoisotopic (exact) mass is 301 g/mol. The molecule has 0 fully saturated rings. The Morgan fingerprint density at radius 3 is 2.76 bits per heavy atom. The van der Waals surface area contributed by atoms with Crippen molar-refractivity contribution in [1.82, 2.24) is 14.6 Å². The van der Waals surface area contributed by atoms with Crippen molar-refractivity contribution < 1.29 is 5.11 Å². The summed E-state index contributed by atoms with van der Waals surface area (Å²) in [6.07, 6.45) is 0.719. The summed E-state index contributed by atoms with van der Waals surface area (Å²) in [5.74, 6) is 0.812. The molecule has 0 aliphatic carbocycles. The number of pyridine rings is 1. The molecule has 21 heavy (non-hydrogen) atoms. The Kier molecular flexibility index (Phi) is 3.63. The van der Waals surface area contributed by atoms with Crippen LogP contribution in [0.15, 0.2) is 35.5 Å². The summed E-state index contributed by atoms with van der Waals surface area (Å²) >= 11 is 1.63. The van der Waals surface area contributed by atoms with E-state index in [-0.39, 0.29) is 0 Å². The summed E-state index contributed by atoms with van der Waals surface area (Å²) in [5, 5.41) is 20.5. The highest BCUT2D eigenvalue weighted by Gasteiger charge is 2.15. The van der Waals surface area contributed by atoms with Crippen molar-refractivity contribution in [1.29, 1.82) is 0 Å². The Morgan fingerprint density at radius 1 is 1.24 bits per heavy atom. The van der Waals surface area contributed by atoms with Gasteiger partial charge < -0.3 is 5.11 Å². The van der Waals surface area contributed by atoms with E-state index in [4.69, 9.17) is 0 Å². The van der Waals surface area contributed by atoms with Crippen LogP contribution in [0.5, 0.6) is 0 Å². The molecule has 3 rings (SSSR count). The Labute approximate surface area is 128 Å². The van der Waals surface area contributed by atoms with Crippen LogP contribution in [0.2, 0.25) is 0 Å². The van der Waals surface area contributed by atoms with Crippen molar-refractivity contribution in [3.8, 4) is 0 Å². The summed E-state index contributed by atoms with van der Waals surface area (Å²) in [5.41, 5.74) is 2.56. The topological polar surface area (TPSA) is 50.4 Å². The molecule has 0 saturated heterocycles. The molecule has 0 bridgehead atoms. The van der Waals surface area contributed by atoms with Gasteiger partial charge in [-0.3, -0.25) is 4.40 Å². The first-order valence-electron chi connectivity index (χ1n) is 7.04. The van der Waals surface area contributed by atoms with Gasteiger partial charge in [0.2, 0.25) is 0 Å². The number of benzene rings is 1. The number of rotatable bonds is 4. The quantitative estimate of drug-likeness (QED) is 0.750. The minimum atomic E-state index is -0.647. The van der Waals surface area contributed by atoms with Gasteiger partial charge in [-0.15, -0.1) is 10.2 Å². The molecule has 4 nitrogen and oxygen atoms in total. The van der Waals surface area contributed by atoms with Gasteiger partial charge in [0, 0.05) is 11.1 Å². The number of aryl methyl sites for hydroxylation is 1. The minimum absolute atomic E-state index is 0.647. The lowest BCUT2D eigenvalue weighted by Crippen LogP contribution is -2.19. The van der Waals surface area contributed by atoms with Gasteiger partial charge in [-0.25, -0.2) is 0 Å². The number of fused-ring (bicyclic) bond motifs is 3. The first-order valence-corrected chi connectivity index (χ1v) is 8.03. The number of thioether (sulfide) groups is 1. The third-order valence-corrected chi connectivity index (χ3v) is 4.45. The van der Waals surface area contributed by atoms with Crippen molar-refractivity contribution in [3.05, 3.63) is 35.9 Å². The van der Waals surface area contributed by atoms with E-state index in [1.165, 1.54) is 10.9 Å². The molecule has 1 N–H and O–H groups in total. The van der Waals surface area contributed by atoms with E-state index >= 15 is 0 Å². The molecule has 3 aromatic rings. The van der Waals surface area contributed by atoms with Crippen molar-refractivity contribution in [2.75, 3.05) is 5.75 Å². The molecule has 0 radical (unpaired) electrons. The van der Waals surface area contributed by atoms with Gasteiger partial charge in [0.1, 0.15) is 0 Å². The zero-order chi connectivity index (χ0) is 15.0. The Morgan fingerprint density at radius 2 is 2.00 bits per heavy atom. The smallest absolute Gasteiger partial charge is 0.196 e. The fraction of sp³-hybridized carbons (Fsp3) is 0.375. The van der Waals surface area contributed by atoms with Crippen molar-refractivity contribution in [2.24, 2.45) is 0 Å². The first kappa shape index (κ1) is 14.4. The number of nitrogens with zero attached hydrogens (tertiary/aromatic N) is 3. The van der Waals surface area contributed by atoms with Crippen LogP contribution >= 0.6 is 11.8 Å². The normalized spacial score (nSPS) is 12.4. The van der Waals surface area contributed by atoms with Gasteiger partial charge in [0.05, 0.1) is 11.1 Å². The second-order valence-corrected chi connectivity index (χ2v) is 6.99. The SMILES string of the molecule is Cc1cc2nnc(SCCC(C)(C)O)n2c2ccccc12. The van der Waals surface area contributed by atoms with E-state index in [1.54, 1.807) is 11.8 Å². The molecular weight excluding hydrogens is 282 g/mol. The van der Waals surface area contributed by atoms with Crippen LogP contribution in [-0.2, 0) is 0 Å². The van der Waals surface area contributed by atoms with E-state index in [2.05, 4.69) is 39.7 Å². The van der Waals surface area contributed by atoms with E-state index in [9.17, 15) is 5.11 Å². The molecule has 0 aliphatic rings. The number of hydrogen-bond acceptors (Lipinski definition) is 4. The van der Waals surface area contributed by atoms with E-state index in [1.807, 2.05) is 26.0 Å². The second-order valence-electron chi connectivity index (χ2n) is 5.93. The molecule has 0 spiro atoms. The van der Waals surface area contributed by atoms with E-state index in [0.717, 1.165) is 28.5 Å². The number of aliphatic hydroxyl groups is 1. The molecule has 2 heterocycles.